The van der Waals surface area contributed by atoms with E-state index < -0.39 is 0 Å². The number of aliphatic hydroxyl groups is 1. The number of hydrogen-bond donors (Lipinski definition) is 1. The van der Waals surface area contributed by atoms with Crippen molar-refractivity contribution in [3.05, 3.63) is 29.8 Å². The summed E-state index contributed by atoms with van der Waals surface area (Å²) in [6.07, 6.45) is 3.06. The van der Waals surface area contributed by atoms with Gasteiger partial charge in [-0.15, -0.1) is 11.8 Å². The van der Waals surface area contributed by atoms with Gasteiger partial charge in [-0.2, -0.15) is 0 Å². The van der Waals surface area contributed by atoms with Crippen LogP contribution in [-0.4, -0.2) is 18.0 Å². The Bertz CT molecular complexity index is 279. The average molecular weight is 224 g/mol. The third-order valence-electron chi connectivity index (χ3n) is 2.83. The van der Waals surface area contributed by atoms with Crippen molar-refractivity contribution in [2.75, 3.05) is 12.9 Å². The van der Waals surface area contributed by atoms with E-state index in [1.54, 1.807) is 11.8 Å². The van der Waals surface area contributed by atoms with E-state index in [9.17, 15) is 5.11 Å². The van der Waals surface area contributed by atoms with Gasteiger partial charge in [-0.05, 0) is 42.2 Å². The smallest absolute Gasteiger partial charge is 0.0464 e. The van der Waals surface area contributed by atoms with Crippen LogP contribution in [0.3, 0.4) is 0 Å². The second-order valence-corrected chi connectivity index (χ2v) is 5.12. The molecule has 0 aromatic heterocycles. The Morgan fingerprint density at radius 2 is 1.80 bits per heavy atom. The highest BCUT2D eigenvalue weighted by molar-refractivity contribution is 7.98. The maximum Gasteiger partial charge on any atom is 0.0464 e. The predicted octanol–water partition coefficient (Wildman–Crippen LogP) is 3.22. The highest BCUT2D eigenvalue weighted by Crippen LogP contribution is 2.19. The topological polar surface area (TPSA) is 20.2 Å². The third-order valence-corrected chi connectivity index (χ3v) is 3.58. The number of hydrogen-bond acceptors (Lipinski definition) is 2. The van der Waals surface area contributed by atoms with Gasteiger partial charge in [0, 0.05) is 11.5 Å². The summed E-state index contributed by atoms with van der Waals surface area (Å²) in [6, 6.07) is 8.62. The lowest BCUT2D eigenvalue weighted by molar-refractivity contribution is 0.189. The molecule has 84 valence electrons. The van der Waals surface area contributed by atoms with Gasteiger partial charge in [0.25, 0.3) is 0 Å². The standard InChI is InChI=1S/C13H20OS/c1-10(2)12(9-14)8-11-4-6-13(15-3)7-5-11/h4-7,10,12,14H,8-9H2,1-3H3. The van der Waals surface area contributed by atoms with Gasteiger partial charge in [0.2, 0.25) is 0 Å². The monoisotopic (exact) mass is 224 g/mol. The zero-order valence-corrected chi connectivity index (χ0v) is 10.6. The van der Waals surface area contributed by atoms with Crippen LogP contribution in [0.1, 0.15) is 19.4 Å². The van der Waals surface area contributed by atoms with Crippen LogP contribution >= 0.6 is 11.8 Å². The van der Waals surface area contributed by atoms with Crippen molar-refractivity contribution < 1.29 is 5.11 Å². The fraction of sp³-hybridized carbons (Fsp3) is 0.538. The maximum absolute atomic E-state index is 9.25. The molecule has 0 spiro atoms. The first-order chi connectivity index (χ1) is 7.17. The molecule has 1 aromatic carbocycles. The van der Waals surface area contributed by atoms with E-state index in [1.165, 1.54) is 10.5 Å². The predicted molar refractivity (Wildman–Crippen MR) is 67.3 cm³/mol. The second-order valence-electron chi connectivity index (χ2n) is 4.24. The lowest BCUT2D eigenvalue weighted by Crippen LogP contribution is -2.16. The fourth-order valence-corrected chi connectivity index (χ4v) is 1.98. The molecule has 0 saturated carbocycles. The lowest BCUT2D eigenvalue weighted by Gasteiger charge is -2.18. The highest BCUT2D eigenvalue weighted by Gasteiger charge is 2.12. The molecule has 15 heavy (non-hydrogen) atoms. The summed E-state index contributed by atoms with van der Waals surface area (Å²) in [5.41, 5.74) is 1.32. The molecule has 0 fully saturated rings. The molecule has 1 N–H and O–H groups in total. The average Bonchev–Trinajstić information content (AvgIpc) is 2.26. The fourth-order valence-electron chi connectivity index (χ4n) is 1.58. The van der Waals surface area contributed by atoms with Gasteiger partial charge >= 0.3 is 0 Å². The number of benzene rings is 1. The van der Waals surface area contributed by atoms with Crippen molar-refractivity contribution in [3.8, 4) is 0 Å². The summed E-state index contributed by atoms with van der Waals surface area (Å²) in [4.78, 5) is 1.30. The summed E-state index contributed by atoms with van der Waals surface area (Å²) < 4.78 is 0. The summed E-state index contributed by atoms with van der Waals surface area (Å²) in [6.45, 7) is 4.61. The van der Waals surface area contributed by atoms with Gasteiger partial charge in [0.05, 0.1) is 0 Å². The minimum Gasteiger partial charge on any atom is -0.396 e. The van der Waals surface area contributed by atoms with Crippen molar-refractivity contribution in [2.24, 2.45) is 11.8 Å². The van der Waals surface area contributed by atoms with Gasteiger partial charge in [0.15, 0.2) is 0 Å². The van der Waals surface area contributed by atoms with Gasteiger partial charge in [0.1, 0.15) is 0 Å². The molecule has 1 rings (SSSR count). The van der Waals surface area contributed by atoms with Crippen molar-refractivity contribution in [1.82, 2.24) is 0 Å². The van der Waals surface area contributed by atoms with E-state index >= 15 is 0 Å². The zero-order valence-electron chi connectivity index (χ0n) is 9.73. The first-order valence-corrected chi connectivity index (χ1v) is 6.63. The van der Waals surface area contributed by atoms with E-state index in [0.29, 0.717) is 11.8 Å². The van der Waals surface area contributed by atoms with Gasteiger partial charge < -0.3 is 5.11 Å². The summed E-state index contributed by atoms with van der Waals surface area (Å²) in [7, 11) is 0. The number of aliphatic hydroxyl groups excluding tert-OH is 1. The third kappa shape index (κ3) is 3.88. The van der Waals surface area contributed by atoms with Crippen molar-refractivity contribution in [1.29, 1.82) is 0 Å². The van der Waals surface area contributed by atoms with Crippen LogP contribution in [0, 0.1) is 11.8 Å². The minimum absolute atomic E-state index is 0.280. The van der Waals surface area contributed by atoms with Crippen LogP contribution in [0.15, 0.2) is 29.2 Å². The van der Waals surface area contributed by atoms with E-state index in [2.05, 4.69) is 44.4 Å². The molecule has 1 unspecified atom stereocenters. The van der Waals surface area contributed by atoms with E-state index in [1.807, 2.05) is 0 Å². The molecular weight excluding hydrogens is 204 g/mol. The normalized spacial score (nSPS) is 13.1. The maximum atomic E-state index is 9.25. The molecule has 0 aliphatic carbocycles. The molecule has 0 aliphatic rings. The van der Waals surface area contributed by atoms with Crippen LogP contribution in [-0.2, 0) is 6.42 Å². The molecule has 1 atom stereocenters. The molecule has 0 saturated heterocycles. The molecule has 0 aliphatic heterocycles. The Balaban J connectivity index is 2.63. The van der Waals surface area contributed by atoms with Crippen LogP contribution in [0.4, 0.5) is 0 Å². The van der Waals surface area contributed by atoms with Gasteiger partial charge in [-0.25, -0.2) is 0 Å². The van der Waals surface area contributed by atoms with Crippen LogP contribution in [0.2, 0.25) is 0 Å². The lowest BCUT2D eigenvalue weighted by atomic mass is 9.90. The SMILES string of the molecule is CSc1ccc(CC(CO)C(C)C)cc1. The summed E-state index contributed by atoms with van der Waals surface area (Å²) in [5.74, 6) is 0.917. The number of rotatable bonds is 5. The van der Waals surface area contributed by atoms with E-state index in [-0.39, 0.29) is 6.61 Å². The first-order valence-electron chi connectivity index (χ1n) is 5.41. The molecule has 0 bridgehead atoms. The van der Waals surface area contributed by atoms with Crippen molar-refractivity contribution >= 4 is 11.8 Å². The second kappa shape index (κ2) is 6.19. The Morgan fingerprint density at radius 1 is 1.20 bits per heavy atom. The van der Waals surface area contributed by atoms with Crippen LogP contribution in [0.5, 0.6) is 0 Å². The van der Waals surface area contributed by atoms with E-state index in [4.69, 9.17) is 0 Å². The molecule has 2 heteroatoms. The molecule has 0 heterocycles. The Hall–Kier alpha value is -0.470. The highest BCUT2D eigenvalue weighted by atomic mass is 32.2. The Morgan fingerprint density at radius 3 is 2.20 bits per heavy atom. The van der Waals surface area contributed by atoms with Crippen LogP contribution < -0.4 is 0 Å². The first kappa shape index (κ1) is 12.6. The summed E-state index contributed by atoms with van der Waals surface area (Å²) in [5, 5.41) is 9.25. The minimum atomic E-state index is 0.280. The quantitative estimate of drug-likeness (QED) is 0.775. The van der Waals surface area contributed by atoms with Crippen molar-refractivity contribution in [2.45, 2.75) is 25.2 Å². The van der Waals surface area contributed by atoms with Crippen LogP contribution in [0.25, 0.3) is 0 Å². The number of thioether (sulfide) groups is 1. The Labute approximate surface area is 96.9 Å². The molecule has 1 aromatic rings. The molecule has 1 nitrogen and oxygen atoms in total. The largest absolute Gasteiger partial charge is 0.396 e. The molecule has 0 amide bonds. The summed E-state index contributed by atoms with van der Waals surface area (Å²) >= 11 is 1.76. The molecule has 0 radical (unpaired) electrons. The van der Waals surface area contributed by atoms with Crippen molar-refractivity contribution in [3.63, 3.8) is 0 Å². The zero-order chi connectivity index (χ0) is 11.3. The van der Waals surface area contributed by atoms with Gasteiger partial charge in [-0.3, -0.25) is 0 Å². The molecular formula is C13H20OS. The Kier molecular flexibility index (Phi) is 5.20. The van der Waals surface area contributed by atoms with Gasteiger partial charge in [-0.1, -0.05) is 26.0 Å². The van der Waals surface area contributed by atoms with E-state index in [0.717, 1.165) is 6.42 Å².